The van der Waals surface area contributed by atoms with Crippen molar-refractivity contribution in [2.45, 2.75) is 20.4 Å². The first-order valence-corrected chi connectivity index (χ1v) is 4.64. The lowest BCUT2D eigenvalue weighted by Crippen LogP contribution is -1.93. The Labute approximate surface area is 82.6 Å². The van der Waals surface area contributed by atoms with Crippen molar-refractivity contribution in [2.75, 3.05) is 0 Å². The van der Waals surface area contributed by atoms with Gasteiger partial charge in [0.25, 0.3) is 0 Å². The topological polar surface area (TPSA) is 43.6 Å². The van der Waals surface area contributed by atoms with Crippen LogP contribution in [0.2, 0.25) is 0 Å². The molecule has 0 fully saturated rings. The molecule has 0 atom stereocenters. The third kappa shape index (κ3) is 1.64. The minimum absolute atomic E-state index is 0.829. The number of rotatable bonds is 2. The van der Waals surface area contributed by atoms with Gasteiger partial charge in [0.15, 0.2) is 0 Å². The molecule has 2 rings (SSSR count). The zero-order chi connectivity index (χ0) is 9.97. The first kappa shape index (κ1) is 8.87. The molecule has 4 heteroatoms. The summed E-state index contributed by atoms with van der Waals surface area (Å²) in [5, 5.41) is 8.02. The summed E-state index contributed by atoms with van der Waals surface area (Å²) in [6.45, 7) is 4.83. The SMILES string of the molecule is CCn1cc(-c2cccc(C)n2)nn1. The van der Waals surface area contributed by atoms with E-state index >= 15 is 0 Å². The van der Waals surface area contributed by atoms with Gasteiger partial charge < -0.3 is 0 Å². The van der Waals surface area contributed by atoms with Crippen molar-refractivity contribution in [3.05, 3.63) is 30.1 Å². The van der Waals surface area contributed by atoms with Crippen LogP contribution >= 0.6 is 0 Å². The first-order valence-electron chi connectivity index (χ1n) is 4.64. The highest BCUT2D eigenvalue weighted by Gasteiger charge is 2.03. The summed E-state index contributed by atoms with van der Waals surface area (Å²) in [4.78, 5) is 4.38. The van der Waals surface area contributed by atoms with Gasteiger partial charge in [0.1, 0.15) is 5.69 Å². The number of aryl methyl sites for hydroxylation is 2. The summed E-state index contributed by atoms with van der Waals surface area (Å²) in [5.41, 5.74) is 2.70. The van der Waals surface area contributed by atoms with Crippen LogP contribution < -0.4 is 0 Å². The van der Waals surface area contributed by atoms with Crippen LogP contribution in [0.15, 0.2) is 24.4 Å². The molecular weight excluding hydrogens is 176 g/mol. The van der Waals surface area contributed by atoms with E-state index in [-0.39, 0.29) is 0 Å². The molecule has 0 N–H and O–H groups in total. The van der Waals surface area contributed by atoms with Crippen molar-refractivity contribution in [1.82, 2.24) is 20.0 Å². The minimum atomic E-state index is 0.829. The molecule has 0 aliphatic rings. The lowest BCUT2D eigenvalue weighted by molar-refractivity contribution is 0.627. The van der Waals surface area contributed by atoms with Crippen LogP contribution in [0.4, 0.5) is 0 Å². The Balaban J connectivity index is 2.39. The highest BCUT2D eigenvalue weighted by atomic mass is 15.4. The number of aromatic nitrogens is 4. The number of nitrogens with zero attached hydrogens (tertiary/aromatic N) is 4. The number of hydrogen-bond donors (Lipinski definition) is 0. The van der Waals surface area contributed by atoms with E-state index in [2.05, 4.69) is 15.3 Å². The van der Waals surface area contributed by atoms with E-state index in [0.717, 1.165) is 23.6 Å². The van der Waals surface area contributed by atoms with Crippen LogP contribution in [-0.2, 0) is 6.54 Å². The number of hydrogen-bond acceptors (Lipinski definition) is 3. The maximum atomic E-state index is 4.38. The maximum Gasteiger partial charge on any atom is 0.131 e. The molecule has 0 aromatic carbocycles. The molecule has 0 unspecified atom stereocenters. The van der Waals surface area contributed by atoms with Crippen LogP contribution in [0.5, 0.6) is 0 Å². The fourth-order valence-corrected chi connectivity index (χ4v) is 1.26. The van der Waals surface area contributed by atoms with Gasteiger partial charge in [-0.3, -0.25) is 9.67 Å². The van der Waals surface area contributed by atoms with Gasteiger partial charge in [-0.1, -0.05) is 11.3 Å². The van der Waals surface area contributed by atoms with Crippen LogP contribution in [0.3, 0.4) is 0 Å². The predicted molar refractivity (Wildman–Crippen MR) is 53.7 cm³/mol. The lowest BCUT2D eigenvalue weighted by atomic mass is 10.2. The maximum absolute atomic E-state index is 4.38. The van der Waals surface area contributed by atoms with Gasteiger partial charge in [0.2, 0.25) is 0 Å². The molecule has 0 saturated heterocycles. The van der Waals surface area contributed by atoms with Crippen molar-refractivity contribution >= 4 is 0 Å². The van der Waals surface area contributed by atoms with Gasteiger partial charge in [-0.05, 0) is 26.0 Å². The summed E-state index contributed by atoms with van der Waals surface area (Å²) in [6, 6.07) is 5.88. The van der Waals surface area contributed by atoms with E-state index < -0.39 is 0 Å². The van der Waals surface area contributed by atoms with Gasteiger partial charge in [0, 0.05) is 12.2 Å². The van der Waals surface area contributed by atoms with E-state index in [1.165, 1.54) is 0 Å². The van der Waals surface area contributed by atoms with Crippen LogP contribution in [0.25, 0.3) is 11.4 Å². The normalized spacial score (nSPS) is 10.4. The Morgan fingerprint density at radius 1 is 1.29 bits per heavy atom. The average molecular weight is 188 g/mol. The molecule has 0 amide bonds. The Hall–Kier alpha value is -1.71. The van der Waals surface area contributed by atoms with Crippen molar-refractivity contribution in [2.24, 2.45) is 0 Å². The van der Waals surface area contributed by atoms with Crippen LogP contribution in [-0.4, -0.2) is 20.0 Å². The average Bonchev–Trinajstić information content (AvgIpc) is 2.66. The summed E-state index contributed by atoms with van der Waals surface area (Å²) in [5.74, 6) is 0. The molecular formula is C10H12N4. The molecule has 0 saturated carbocycles. The molecule has 2 heterocycles. The molecule has 2 aromatic heterocycles. The highest BCUT2D eigenvalue weighted by molar-refractivity contribution is 5.51. The summed E-state index contributed by atoms with van der Waals surface area (Å²) in [6.07, 6.45) is 1.90. The Morgan fingerprint density at radius 3 is 2.79 bits per heavy atom. The summed E-state index contributed by atoms with van der Waals surface area (Å²) < 4.78 is 1.79. The fourth-order valence-electron chi connectivity index (χ4n) is 1.26. The smallest absolute Gasteiger partial charge is 0.131 e. The standard InChI is InChI=1S/C10H12N4/c1-3-14-7-10(12-13-14)9-6-4-5-8(2)11-9/h4-7H,3H2,1-2H3. The minimum Gasteiger partial charge on any atom is -0.252 e. The largest absolute Gasteiger partial charge is 0.252 e. The van der Waals surface area contributed by atoms with E-state index in [9.17, 15) is 0 Å². The molecule has 4 nitrogen and oxygen atoms in total. The van der Waals surface area contributed by atoms with E-state index in [4.69, 9.17) is 0 Å². The molecule has 0 radical (unpaired) electrons. The zero-order valence-electron chi connectivity index (χ0n) is 8.31. The van der Waals surface area contributed by atoms with Gasteiger partial charge in [0.05, 0.1) is 11.9 Å². The monoisotopic (exact) mass is 188 g/mol. The summed E-state index contributed by atoms with van der Waals surface area (Å²) >= 11 is 0. The third-order valence-corrected chi connectivity index (χ3v) is 2.01. The third-order valence-electron chi connectivity index (χ3n) is 2.01. The zero-order valence-corrected chi connectivity index (χ0v) is 8.31. The highest BCUT2D eigenvalue weighted by Crippen LogP contribution is 2.12. The van der Waals surface area contributed by atoms with Crippen LogP contribution in [0.1, 0.15) is 12.6 Å². The van der Waals surface area contributed by atoms with Gasteiger partial charge in [-0.15, -0.1) is 5.10 Å². The Kier molecular flexibility index (Phi) is 2.26. The van der Waals surface area contributed by atoms with E-state index in [1.807, 2.05) is 38.2 Å². The molecule has 14 heavy (non-hydrogen) atoms. The molecule has 0 spiro atoms. The van der Waals surface area contributed by atoms with Crippen molar-refractivity contribution in [3.8, 4) is 11.4 Å². The van der Waals surface area contributed by atoms with Gasteiger partial charge in [-0.2, -0.15) is 0 Å². The molecule has 0 aliphatic heterocycles. The molecule has 72 valence electrons. The molecule has 0 aliphatic carbocycles. The van der Waals surface area contributed by atoms with Crippen molar-refractivity contribution in [3.63, 3.8) is 0 Å². The van der Waals surface area contributed by atoms with Crippen molar-refractivity contribution in [1.29, 1.82) is 0 Å². The Morgan fingerprint density at radius 2 is 2.14 bits per heavy atom. The molecule has 2 aromatic rings. The quantitative estimate of drug-likeness (QED) is 0.720. The van der Waals surface area contributed by atoms with E-state index in [0.29, 0.717) is 0 Å². The Bertz CT molecular complexity index is 433. The predicted octanol–water partition coefficient (Wildman–Crippen LogP) is 1.67. The van der Waals surface area contributed by atoms with Gasteiger partial charge in [-0.25, -0.2) is 0 Å². The second-order valence-corrected chi connectivity index (χ2v) is 3.12. The molecule has 0 bridgehead atoms. The van der Waals surface area contributed by atoms with Crippen molar-refractivity contribution < 1.29 is 0 Å². The van der Waals surface area contributed by atoms with Gasteiger partial charge >= 0.3 is 0 Å². The number of pyridine rings is 1. The lowest BCUT2D eigenvalue weighted by Gasteiger charge is -1.95. The fraction of sp³-hybridized carbons (Fsp3) is 0.300. The first-order chi connectivity index (χ1) is 6.79. The second-order valence-electron chi connectivity index (χ2n) is 3.12. The second kappa shape index (κ2) is 3.57. The van der Waals surface area contributed by atoms with Crippen LogP contribution in [0, 0.1) is 6.92 Å². The van der Waals surface area contributed by atoms with E-state index in [1.54, 1.807) is 4.68 Å². The summed E-state index contributed by atoms with van der Waals surface area (Å²) in [7, 11) is 0.